The molecule has 1 N–H and O–H groups in total. The molecule has 1 aliphatic heterocycles. The van der Waals surface area contributed by atoms with E-state index in [-0.39, 0.29) is 17.6 Å². The molecule has 1 atom stereocenters. The maximum absolute atomic E-state index is 13.4. The van der Waals surface area contributed by atoms with Crippen LogP contribution in [0.3, 0.4) is 0 Å². The average Bonchev–Trinajstić information content (AvgIpc) is 2.79. The summed E-state index contributed by atoms with van der Waals surface area (Å²) >= 11 is 0. The van der Waals surface area contributed by atoms with Crippen molar-refractivity contribution in [3.8, 4) is 0 Å². The highest BCUT2D eigenvalue weighted by molar-refractivity contribution is 6.17. The lowest BCUT2D eigenvalue weighted by atomic mass is 9.91. The van der Waals surface area contributed by atoms with E-state index in [2.05, 4.69) is 5.32 Å². The van der Waals surface area contributed by atoms with Gasteiger partial charge >= 0.3 is 0 Å². The molecule has 26 heavy (non-hydrogen) atoms. The summed E-state index contributed by atoms with van der Waals surface area (Å²) in [6.07, 6.45) is 1.88. The Balaban J connectivity index is 2.13. The number of carbonyl (C=O) groups is 1. The number of aliphatic imine (C=N–C) groups is 2. The first kappa shape index (κ1) is 18.0. The van der Waals surface area contributed by atoms with E-state index in [0.29, 0.717) is 18.7 Å². The number of halogens is 1. The molecule has 0 fully saturated rings. The van der Waals surface area contributed by atoms with Crippen LogP contribution < -0.4 is 5.32 Å². The highest BCUT2D eigenvalue weighted by atomic mass is 19.1. The molecule has 0 saturated heterocycles. The number of amides is 1. The molecule has 0 radical (unpaired) electrons. The highest BCUT2D eigenvalue weighted by Crippen LogP contribution is 2.35. The van der Waals surface area contributed by atoms with Crippen LogP contribution in [0.4, 0.5) is 15.8 Å². The first-order valence-electron chi connectivity index (χ1n) is 8.92. The van der Waals surface area contributed by atoms with Crippen molar-refractivity contribution >= 4 is 28.8 Å². The molecule has 2 aromatic carbocycles. The largest absolute Gasteiger partial charge is 0.313 e. The molecular formula is C21H22FN3O. The van der Waals surface area contributed by atoms with Gasteiger partial charge in [-0.05, 0) is 42.7 Å². The summed E-state index contributed by atoms with van der Waals surface area (Å²) in [6, 6.07) is 13.9. The molecule has 3 rings (SSSR count). The van der Waals surface area contributed by atoms with Gasteiger partial charge in [0.05, 0.1) is 17.3 Å². The standard InChI is InChI=1S/C21H22FN3O/c1-3-7-19(26)25-21-20(14-10-12-15(22)13-11-14)16(4-2)23-17-8-5-6-9-18(17)24-21/h5-6,8-13,20H,3-4,7H2,1-2H3,(H,24,25,26)/t20-/m0/s1. The summed E-state index contributed by atoms with van der Waals surface area (Å²) in [7, 11) is 0. The smallest absolute Gasteiger partial charge is 0.225 e. The molecule has 0 aromatic heterocycles. The zero-order chi connectivity index (χ0) is 18.5. The molecular weight excluding hydrogens is 329 g/mol. The molecule has 5 heteroatoms. The number of nitrogens with one attached hydrogen (secondary N) is 1. The number of fused-ring (bicyclic) bond motifs is 1. The Labute approximate surface area is 152 Å². The van der Waals surface area contributed by atoms with E-state index in [1.165, 1.54) is 12.1 Å². The summed E-state index contributed by atoms with van der Waals surface area (Å²) < 4.78 is 13.4. The van der Waals surface area contributed by atoms with Crippen molar-refractivity contribution < 1.29 is 9.18 Å². The van der Waals surface area contributed by atoms with Gasteiger partial charge in [-0.15, -0.1) is 0 Å². The number of benzene rings is 2. The van der Waals surface area contributed by atoms with Gasteiger partial charge in [0, 0.05) is 12.1 Å². The summed E-state index contributed by atoms with van der Waals surface area (Å²) in [5, 5.41) is 2.96. The third-order valence-electron chi connectivity index (χ3n) is 4.30. The van der Waals surface area contributed by atoms with Gasteiger partial charge in [-0.2, -0.15) is 0 Å². The van der Waals surface area contributed by atoms with Crippen LogP contribution in [0, 0.1) is 5.82 Å². The molecule has 0 unspecified atom stereocenters. The van der Waals surface area contributed by atoms with Crippen molar-refractivity contribution in [3.63, 3.8) is 0 Å². The Morgan fingerprint density at radius 2 is 1.69 bits per heavy atom. The van der Waals surface area contributed by atoms with Gasteiger partial charge in [0.1, 0.15) is 11.7 Å². The van der Waals surface area contributed by atoms with Gasteiger partial charge in [-0.25, -0.2) is 9.38 Å². The van der Waals surface area contributed by atoms with Crippen LogP contribution in [0.5, 0.6) is 0 Å². The molecule has 1 amide bonds. The van der Waals surface area contributed by atoms with Crippen LogP contribution in [0.1, 0.15) is 44.6 Å². The van der Waals surface area contributed by atoms with Crippen LogP contribution in [-0.4, -0.2) is 17.5 Å². The van der Waals surface area contributed by atoms with Crippen LogP contribution in [0.2, 0.25) is 0 Å². The molecule has 0 aliphatic carbocycles. The molecule has 0 bridgehead atoms. The Kier molecular flexibility index (Phi) is 5.56. The first-order chi connectivity index (χ1) is 12.6. The minimum atomic E-state index is -0.311. The van der Waals surface area contributed by atoms with E-state index >= 15 is 0 Å². The van der Waals surface area contributed by atoms with E-state index < -0.39 is 0 Å². The van der Waals surface area contributed by atoms with Gasteiger partial charge in [0.25, 0.3) is 0 Å². The average molecular weight is 351 g/mol. The number of para-hydroxylation sites is 2. The topological polar surface area (TPSA) is 53.8 Å². The fourth-order valence-electron chi connectivity index (χ4n) is 3.05. The van der Waals surface area contributed by atoms with Crippen molar-refractivity contribution in [1.29, 1.82) is 0 Å². The van der Waals surface area contributed by atoms with Crippen LogP contribution in [0.15, 0.2) is 58.5 Å². The Hall–Kier alpha value is -2.82. The monoisotopic (exact) mass is 351 g/mol. The number of hydrogen-bond donors (Lipinski definition) is 1. The number of amidine groups is 1. The van der Waals surface area contributed by atoms with E-state index in [4.69, 9.17) is 9.98 Å². The zero-order valence-electron chi connectivity index (χ0n) is 15.0. The SMILES string of the molecule is CCCC(=O)NC1=Nc2ccccc2N=C(CC)[C@@H]1c1ccc(F)cc1. The summed E-state index contributed by atoms with van der Waals surface area (Å²) in [5.41, 5.74) is 3.23. The molecule has 1 heterocycles. The Morgan fingerprint density at radius 3 is 2.31 bits per heavy atom. The lowest BCUT2D eigenvalue weighted by Crippen LogP contribution is -2.37. The van der Waals surface area contributed by atoms with Gasteiger partial charge in [0.15, 0.2) is 0 Å². The number of rotatable bonds is 4. The second-order valence-corrected chi connectivity index (χ2v) is 6.23. The summed E-state index contributed by atoms with van der Waals surface area (Å²) in [5.74, 6) is -0.142. The molecule has 0 saturated carbocycles. The summed E-state index contributed by atoms with van der Waals surface area (Å²) in [4.78, 5) is 21.8. The summed E-state index contributed by atoms with van der Waals surface area (Å²) in [6.45, 7) is 3.98. The molecule has 2 aromatic rings. The third-order valence-corrected chi connectivity index (χ3v) is 4.30. The fourth-order valence-corrected chi connectivity index (χ4v) is 3.05. The Morgan fingerprint density at radius 1 is 1.04 bits per heavy atom. The maximum Gasteiger partial charge on any atom is 0.225 e. The first-order valence-corrected chi connectivity index (χ1v) is 8.92. The van der Waals surface area contributed by atoms with Crippen LogP contribution in [0.25, 0.3) is 0 Å². The molecule has 134 valence electrons. The van der Waals surface area contributed by atoms with Crippen molar-refractivity contribution in [2.24, 2.45) is 9.98 Å². The number of hydrogen-bond acceptors (Lipinski definition) is 3. The second-order valence-electron chi connectivity index (χ2n) is 6.23. The predicted molar refractivity (Wildman–Crippen MR) is 103 cm³/mol. The van der Waals surface area contributed by atoms with Crippen molar-refractivity contribution in [2.45, 2.75) is 39.0 Å². The van der Waals surface area contributed by atoms with Gasteiger partial charge in [-0.1, -0.05) is 38.1 Å². The Bertz CT molecular complexity index is 856. The predicted octanol–water partition coefficient (Wildman–Crippen LogP) is 5.05. The lowest BCUT2D eigenvalue weighted by Gasteiger charge is -2.20. The second kappa shape index (κ2) is 8.04. The molecule has 1 aliphatic rings. The number of nitrogens with zero attached hydrogens (tertiary/aromatic N) is 2. The van der Waals surface area contributed by atoms with Gasteiger partial charge in [0.2, 0.25) is 5.91 Å². The van der Waals surface area contributed by atoms with E-state index in [1.54, 1.807) is 12.1 Å². The van der Waals surface area contributed by atoms with Crippen molar-refractivity contribution in [2.75, 3.05) is 0 Å². The zero-order valence-corrected chi connectivity index (χ0v) is 15.0. The lowest BCUT2D eigenvalue weighted by molar-refractivity contribution is -0.119. The maximum atomic E-state index is 13.4. The quantitative estimate of drug-likeness (QED) is 0.823. The molecule has 4 nitrogen and oxygen atoms in total. The van der Waals surface area contributed by atoms with Crippen LogP contribution in [-0.2, 0) is 4.79 Å². The van der Waals surface area contributed by atoms with E-state index in [1.807, 2.05) is 38.1 Å². The van der Waals surface area contributed by atoms with Gasteiger partial charge in [-0.3, -0.25) is 9.79 Å². The van der Waals surface area contributed by atoms with E-state index in [0.717, 1.165) is 29.1 Å². The van der Waals surface area contributed by atoms with Crippen LogP contribution >= 0.6 is 0 Å². The fraction of sp³-hybridized carbons (Fsp3) is 0.286. The van der Waals surface area contributed by atoms with Crippen molar-refractivity contribution in [3.05, 3.63) is 59.9 Å². The third kappa shape index (κ3) is 3.87. The minimum Gasteiger partial charge on any atom is -0.313 e. The molecule has 0 spiro atoms. The van der Waals surface area contributed by atoms with Crippen molar-refractivity contribution in [1.82, 2.24) is 5.32 Å². The van der Waals surface area contributed by atoms with Gasteiger partial charge < -0.3 is 5.32 Å². The highest BCUT2D eigenvalue weighted by Gasteiger charge is 2.27. The normalized spacial score (nSPS) is 16.2. The minimum absolute atomic E-state index is 0.0757. The number of carbonyl (C=O) groups excluding carboxylic acids is 1. The van der Waals surface area contributed by atoms with E-state index in [9.17, 15) is 9.18 Å².